The van der Waals surface area contributed by atoms with Gasteiger partial charge in [0.2, 0.25) is 0 Å². The molecule has 1 unspecified atom stereocenters. The molecule has 1 saturated carbocycles. The first kappa shape index (κ1) is 11.5. The highest BCUT2D eigenvalue weighted by Gasteiger charge is 2.16. The summed E-state index contributed by atoms with van der Waals surface area (Å²) in [6.45, 7) is 2.80. The van der Waals surface area contributed by atoms with Crippen LogP contribution in [0.25, 0.3) is 0 Å². The molecule has 0 aromatic rings. The van der Waals surface area contributed by atoms with Crippen molar-refractivity contribution in [2.24, 2.45) is 11.7 Å². The summed E-state index contributed by atoms with van der Waals surface area (Å²) in [5, 5.41) is 7.32. The van der Waals surface area contributed by atoms with E-state index in [9.17, 15) is 0 Å². The third kappa shape index (κ3) is 3.66. The summed E-state index contributed by atoms with van der Waals surface area (Å²) in [7, 11) is 0. The van der Waals surface area contributed by atoms with Gasteiger partial charge >= 0.3 is 0 Å². The van der Waals surface area contributed by atoms with Crippen molar-refractivity contribution in [2.45, 2.75) is 51.6 Å². The number of hydrogen-bond acceptors (Lipinski definition) is 2. The lowest BCUT2D eigenvalue weighted by atomic mass is 9.90. The van der Waals surface area contributed by atoms with Gasteiger partial charge in [0, 0.05) is 0 Å². The molecule has 1 atom stereocenters. The Bertz CT molecular complexity index is 176. The zero-order chi connectivity index (χ0) is 10.4. The van der Waals surface area contributed by atoms with Crippen molar-refractivity contribution in [3.05, 3.63) is 0 Å². The molecule has 1 aliphatic carbocycles. The molecule has 0 spiro atoms. The van der Waals surface area contributed by atoms with Gasteiger partial charge in [-0.05, 0) is 25.2 Å². The number of ether oxygens (including phenoxy) is 1. The normalized spacial score (nSPS) is 20.6. The number of nitrogens with two attached hydrogens (primary N) is 1. The molecular weight excluding hydrogens is 176 g/mol. The topological polar surface area (TPSA) is 59.1 Å². The smallest absolute Gasteiger partial charge is 0.120 e. The summed E-state index contributed by atoms with van der Waals surface area (Å²) in [6, 6.07) is 0. The van der Waals surface area contributed by atoms with Crippen LogP contribution in [0.4, 0.5) is 0 Å². The van der Waals surface area contributed by atoms with Crippen LogP contribution in [-0.2, 0) is 4.74 Å². The van der Waals surface area contributed by atoms with Crippen molar-refractivity contribution in [1.29, 1.82) is 5.41 Å². The minimum Gasteiger partial charge on any atom is -0.385 e. The molecular formula is C11H22N2O. The Morgan fingerprint density at radius 2 is 2.07 bits per heavy atom. The molecule has 0 aliphatic heterocycles. The number of rotatable bonds is 5. The predicted molar refractivity (Wildman–Crippen MR) is 58.5 cm³/mol. The first-order chi connectivity index (χ1) is 6.74. The average Bonchev–Trinajstić information content (AvgIpc) is 2.20. The Morgan fingerprint density at radius 1 is 1.43 bits per heavy atom. The van der Waals surface area contributed by atoms with Gasteiger partial charge in [0.05, 0.1) is 6.61 Å². The van der Waals surface area contributed by atoms with Crippen molar-refractivity contribution in [1.82, 2.24) is 0 Å². The van der Waals surface area contributed by atoms with Crippen LogP contribution in [0.2, 0.25) is 0 Å². The Labute approximate surface area is 86.5 Å². The van der Waals surface area contributed by atoms with E-state index in [0.717, 1.165) is 13.0 Å². The van der Waals surface area contributed by atoms with Crippen LogP contribution in [0.5, 0.6) is 0 Å². The second-order valence-corrected chi connectivity index (χ2v) is 4.19. The van der Waals surface area contributed by atoms with Crippen molar-refractivity contribution in [2.75, 3.05) is 6.61 Å². The molecule has 0 amide bonds. The van der Waals surface area contributed by atoms with Crippen molar-refractivity contribution >= 4 is 5.84 Å². The summed E-state index contributed by atoms with van der Waals surface area (Å²) in [6.07, 6.45) is 7.28. The van der Waals surface area contributed by atoms with Gasteiger partial charge in [0.15, 0.2) is 0 Å². The van der Waals surface area contributed by atoms with E-state index in [1.54, 1.807) is 0 Å². The molecule has 1 rings (SSSR count). The summed E-state index contributed by atoms with van der Waals surface area (Å²) in [5.41, 5.74) is 5.42. The fourth-order valence-corrected chi connectivity index (χ4v) is 2.03. The SMILES string of the molecule is CCC(OCC1CCCCC1)C(=N)N. The summed E-state index contributed by atoms with van der Waals surface area (Å²) in [5.74, 6) is 0.875. The Kier molecular flexibility index (Phi) is 4.94. The van der Waals surface area contributed by atoms with E-state index in [1.807, 2.05) is 6.92 Å². The maximum Gasteiger partial charge on any atom is 0.120 e. The second-order valence-electron chi connectivity index (χ2n) is 4.19. The van der Waals surface area contributed by atoms with E-state index in [1.165, 1.54) is 32.1 Å². The highest BCUT2D eigenvalue weighted by Crippen LogP contribution is 2.24. The van der Waals surface area contributed by atoms with Crippen LogP contribution in [-0.4, -0.2) is 18.5 Å². The first-order valence-electron chi connectivity index (χ1n) is 5.69. The maximum absolute atomic E-state index is 7.32. The van der Waals surface area contributed by atoms with Gasteiger partial charge in [0.25, 0.3) is 0 Å². The van der Waals surface area contributed by atoms with Gasteiger partial charge in [0.1, 0.15) is 11.9 Å². The molecule has 3 heteroatoms. The van der Waals surface area contributed by atoms with Crippen molar-refractivity contribution in [3.8, 4) is 0 Å². The van der Waals surface area contributed by atoms with Crippen molar-refractivity contribution in [3.63, 3.8) is 0 Å². The van der Waals surface area contributed by atoms with Gasteiger partial charge in [-0.3, -0.25) is 5.41 Å². The Balaban J connectivity index is 2.20. The highest BCUT2D eigenvalue weighted by atomic mass is 16.5. The highest BCUT2D eigenvalue weighted by molar-refractivity contribution is 5.81. The third-order valence-corrected chi connectivity index (χ3v) is 2.98. The van der Waals surface area contributed by atoms with E-state index in [0.29, 0.717) is 5.92 Å². The van der Waals surface area contributed by atoms with Gasteiger partial charge < -0.3 is 10.5 Å². The molecule has 3 N–H and O–H groups in total. The number of amidine groups is 1. The molecule has 0 saturated heterocycles. The maximum atomic E-state index is 7.32. The van der Waals surface area contributed by atoms with E-state index < -0.39 is 0 Å². The van der Waals surface area contributed by atoms with Crippen LogP contribution in [0.3, 0.4) is 0 Å². The molecule has 1 fully saturated rings. The number of nitrogens with one attached hydrogen (secondary N) is 1. The lowest BCUT2D eigenvalue weighted by Gasteiger charge is -2.23. The van der Waals surface area contributed by atoms with Crippen LogP contribution < -0.4 is 5.73 Å². The van der Waals surface area contributed by atoms with Gasteiger partial charge in [-0.2, -0.15) is 0 Å². The number of hydrogen-bond donors (Lipinski definition) is 2. The largest absolute Gasteiger partial charge is 0.385 e. The van der Waals surface area contributed by atoms with Gasteiger partial charge in [-0.15, -0.1) is 0 Å². The molecule has 82 valence electrons. The van der Waals surface area contributed by atoms with Gasteiger partial charge in [-0.1, -0.05) is 26.2 Å². The lowest BCUT2D eigenvalue weighted by molar-refractivity contribution is 0.0539. The van der Waals surface area contributed by atoms with Crippen LogP contribution in [0.15, 0.2) is 0 Å². The van der Waals surface area contributed by atoms with Crippen LogP contribution >= 0.6 is 0 Å². The van der Waals surface area contributed by atoms with E-state index in [2.05, 4.69) is 0 Å². The molecule has 0 heterocycles. The molecule has 1 aliphatic rings. The van der Waals surface area contributed by atoms with Crippen molar-refractivity contribution < 1.29 is 4.74 Å². The molecule has 0 bridgehead atoms. The van der Waals surface area contributed by atoms with Gasteiger partial charge in [-0.25, -0.2) is 0 Å². The summed E-state index contributed by atoms with van der Waals surface area (Å²) >= 11 is 0. The fraction of sp³-hybridized carbons (Fsp3) is 0.909. The fourth-order valence-electron chi connectivity index (χ4n) is 2.03. The molecule has 0 aromatic heterocycles. The zero-order valence-electron chi connectivity index (χ0n) is 9.09. The van der Waals surface area contributed by atoms with E-state index >= 15 is 0 Å². The Morgan fingerprint density at radius 3 is 2.57 bits per heavy atom. The Hall–Kier alpha value is -0.570. The molecule has 3 nitrogen and oxygen atoms in total. The quantitative estimate of drug-likeness (QED) is 0.526. The van der Waals surface area contributed by atoms with E-state index in [4.69, 9.17) is 15.9 Å². The van der Waals surface area contributed by atoms with Crippen LogP contribution in [0, 0.1) is 11.3 Å². The standard InChI is InChI=1S/C11H22N2O/c1-2-10(11(12)13)14-8-9-6-4-3-5-7-9/h9-10H,2-8H2,1H3,(H3,12,13). The minimum absolute atomic E-state index is 0.156. The molecule has 14 heavy (non-hydrogen) atoms. The zero-order valence-corrected chi connectivity index (χ0v) is 9.09. The molecule has 0 radical (unpaired) electrons. The monoisotopic (exact) mass is 198 g/mol. The second kappa shape index (κ2) is 6.02. The van der Waals surface area contributed by atoms with Crippen LogP contribution in [0.1, 0.15) is 45.4 Å². The predicted octanol–water partition coefficient (Wildman–Crippen LogP) is 2.30. The minimum atomic E-state index is -0.156. The summed E-state index contributed by atoms with van der Waals surface area (Å²) < 4.78 is 5.64. The van der Waals surface area contributed by atoms with E-state index in [-0.39, 0.29) is 11.9 Å². The lowest BCUT2D eigenvalue weighted by Crippen LogP contribution is -2.31. The molecule has 0 aromatic carbocycles. The third-order valence-electron chi connectivity index (χ3n) is 2.98. The first-order valence-corrected chi connectivity index (χ1v) is 5.69. The average molecular weight is 198 g/mol. The summed E-state index contributed by atoms with van der Waals surface area (Å²) in [4.78, 5) is 0.